The molecule has 1 fully saturated rings. The van der Waals surface area contributed by atoms with Gasteiger partial charge in [-0.2, -0.15) is 0 Å². The molecule has 1 aliphatic carbocycles. The van der Waals surface area contributed by atoms with E-state index in [1.807, 2.05) is 0 Å². The van der Waals surface area contributed by atoms with E-state index < -0.39 is 5.97 Å². The second kappa shape index (κ2) is 5.19. The highest BCUT2D eigenvalue weighted by molar-refractivity contribution is 5.68. The highest BCUT2D eigenvalue weighted by atomic mass is 16.5. The summed E-state index contributed by atoms with van der Waals surface area (Å²) in [5.41, 5.74) is 0. The molecule has 4 nitrogen and oxygen atoms in total. The Morgan fingerprint density at radius 1 is 1.31 bits per heavy atom. The molecule has 1 aliphatic rings. The molecule has 0 aromatic heterocycles. The van der Waals surface area contributed by atoms with Gasteiger partial charge < -0.3 is 14.6 Å². The van der Waals surface area contributed by atoms with E-state index in [9.17, 15) is 4.79 Å². The molecule has 0 aliphatic heterocycles. The van der Waals surface area contributed by atoms with E-state index >= 15 is 0 Å². The highest BCUT2D eigenvalue weighted by Gasteiger charge is 2.21. The number of carboxylic acid groups (broad SMARTS) is 1. The number of rotatable bonds is 4. The smallest absolute Gasteiger partial charge is 0.329 e. The van der Waals surface area contributed by atoms with Gasteiger partial charge >= 0.3 is 5.97 Å². The molecular formula is C9H16O4. The zero-order chi connectivity index (χ0) is 9.68. The molecule has 0 unspecified atom stereocenters. The molecule has 0 heterocycles. The molecule has 0 amide bonds. The predicted molar refractivity (Wildman–Crippen MR) is 46.6 cm³/mol. The van der Waals surface area contributed by atoms with Gasteiger partial charge in [0.2, 0.25) is 0 Å². The van der Waals surface area contributed by atoms with Gasteiger partial charge in [0.05, 0.1) is 12.2 Å². The second-order valence-corrected chi connectivity index (χ2v) is 3.34. The maximum absolute atomic E-state index is 10.2. The van der Waals surface area contributed by atoms with Crippen LogP contribution < -0.4 is 0 Å². The maximum Gasteiger partial charge on any atom is 0.329 e. The van der Waals surface area contributed by atoms with Gasteiger partial charge in [-0.3, -0.25) is 0 Å². The molecule has 1 saturated carbocycles. The van der Waals surface area contributed by atoms with Gasteiger partial charge in [0, 0.05) is 7.11 Å². The Labute approximate surface area is 77.8 Å². The van der Waals surface area contributed by atoms with Crippen molar-refractivity contribution in [3.05, 3.63) is 0 Å². The first-order chi connectivity index (χ1) is 6.22. The van der Waals surface area contributed by atoms with Crippen LogP contribution in [0.3, 0.4) is 0 Å². The Morgan fingerprint density at radius 2 is 1.85 bits per heavy atom. The number of ether oxygens (including phenoxy) is 2. The van der Waals surface area contributed by atoms with Crippen molar-refractivity contribution in [1.82, 2.24) is 0 Å². The summed E-state index contributed by atoms with van der Waals surface area (Å²) in [6.07, 6.45) is 4.21. The fourth-order valence-electron chi connectivity index (χ4n) is 1.62. The first kappa shape index (κ1) is 10.5. The van der Waals surface area contributed by atoms with Crippen molar-refractivity contribution in [1.29, 1.82) is 0 Å². The quantitative estimate of drug-likeness (QED) is 0.716. The Bertz CT molecular complexity index is 161. The number of methoxy groups -OCH3 is 1. The topological polar surface area (TPSA) is 55.8 Å². The van der Waals surface area contributed by atoms with Crippen LogP contribution in [0.4, 0.5) is 0 Å². The molecular weight excluding hydrogens is 172 g/mol. The standard InChI is InChI=1S/C9H16O4/c1-12-7-2-4-8(5-3-7)13-6-9(10)11/h7-8H,2-6H2,1H3,(H,10,11). The molecule has 4 heteroatoms. The van der Waals surface area contributed by atoms with Crippen LogP contribution in [0.2, 0.25) is 0 Å². The van der Waals surface area contributed by atoms with E-state index in [1.54, 1.807) is 7.11 Å². The lowest BCUT2D eigenvalue weighted by molar-refractivity contribution is -0.145. The summed E-state index contributed by atoms with van der Waals surface area (Å²) in [4.78, 5) is 10.2. The molecule has 0 aromatic rings. The Balaban J connectivity index is 2.14. The number of carbonyl (C=O) groups is 1. The van der Waals surface area contributed by atoms with Crippen molar-refractivity contribution in [3.63, 3.8) is 0 Å². The van der Waals surface area contributed by atoms with E-state index in [0.29, 0.717) is 6.10 Å². The zero-order valence-corrected chi connectivity index (χ0v) is 7.86. The predicted octanol–water partition coefficient (Wildman–Crippen LogP) is 1.05. The SMILES string of the molecule is COC1CCC(OCC(=O)O)CC1. The minimum absolute atomic E-state index is 0.113. The summed E-state index contributed by atoms with van der Waals surface area (Å²) in [5.74, 6) is -0.895. The lowest BCUT2D eigenvalue weighted by atomic mass is 9.95. The van der Waals surface area contributed by atoms with Crippen molar-refractivity contribution in [2.24, 2.45) is 0 Å². The van der Waals surface area contributed by atoms with Crippen LogP contribution in [0, 0.1) is 0 Å². The highest BCUT2D eigenvalue weighted by Crippen LogP contribution is 2.22. The monoisotopic (exact) mass is 188 g/mol. The molecule has 13 heavy (non-hydrogen) atoms. The number of hydrogen-bond acceptors (Lipinski definition) is 3. The van der Waals surface area contributed by atoms with Gasteiger partial charge in [-0.1, -0.05) is 0 Å². The second-order valence-electron chi connectivity index (χ2n) is 3.34. The molecule has 0 bridgehead atoms. The molecule has 1 rings (SSSR count). The van der Waals surface area contributed by atoms with Crippen LogP contribution in [0.5, 0.6) is 0 Å². The van der Waals surface area contributed by atoms with E-state index in [1.165, 1.54) is 0 Å². The molecule has 0 saturated heterocycles. The molecule has 0 spiro atoms. The van der Waals surface area contributed by atoms with E-state index in [4.69, 9.17) is 14.6 Å². The molecule has 76 valence electrons. The Kier molecular flexibility index (Phi) is 4.18. The summed E-state index contributed by atoms with van der Waals surface area (Å²) in [5, 5.41) is 8.39. The molecule has 0 aromatic carbocycles. The third-order valence-corrected chi connectivity index (χ3v) is 2.40. The van der Waals surface area contributed by atoms with Crippen LogP contribution in [-0.2, 0) is 14.3 Å². The van der Waals surface area contributed by atoms with Gasteiger partial charge in [0.15, 0.2) is 0 Å². The van der Waals surface area contributed by atoms with Gasteiger partial charge in [0.1, 0.15) is 6.61 Å². The van der Waals surface area contributed by atoms with Crippen LogP contribution in [0.25, 0.3) is 0 Å². The minimum atomic E-state index is -0.895. The van der Waals surface area contributed by atoms with Crippen molar-refractivity contribution < 1.29 is 19.4 Å². The average molecular weight is 188 g/mol. The maximum atomic E-state index is 10.2. The van der Waals surface area contributed by atoms with Crippen LogP contribution in [0.1, 0.15) is 25.7 Å². The van der Waals surface area contributed by atoms with Gasteiger partial charge in [-0.25, -0.2) is 4.79 Å². The summed E-state index contributed by atoms with van der Waals surface area (Å²) in [6.45, 7) is -0.178. The third kappa shape index (κ3) is 3.74. The van der Waals surface area contributed by atoms with Gasteiger partial charge in [-0.05, 0) is 25.7 Å². The minimum Gasteiger partial charge on any atom is -0.480 e. The van der Waals surface area contributed by atoms with Crippen LogP contribution >= 0.6 is 0 Å². The lowest BCUT2D eigenvalue weighted by Gasteiger charge is -2.26. The zero-order valence-electron chi connectivity index (χ0n) is 7.86. The first-order valence-electron chi connectivity index (χ1n) is 4.58. The van der Waals surface area contributed by atoms with E-state index in [2.05, 4.69) is 0 Å². The van der Waals surface area contributed by atoms with E-state index in [0.717, 1.165) is 25.7 Å². The average Bonchev–Trinajstić information content (AvgIpc) is 2.15. The normalized spacial score (nSPS) is 28.7. The van der Waals surface area contributed by atoms with Gasteiger partial charge in [-0.15, -0.1) is 0 Å². The van der Waals surface area contributed by atoms with Crippen LogP contribution in [-0.4, -0.2) is 37.0 Å². The fourth-order valence-corrected chi connectivity index (χ4v) is 1.62. The van der Waals surface area contributed by atoms with Gasteiger partial charge in [0.25, 0.3) is 0 Å². The third-order valence-electron chi connectivity index (χ3n) is 2.40. The van der Waals surface area contributed by atoms with E-state index in [-0.39, 0.29) is 12.7 Å². The molecule has 0 radical (unpaired) electrons. The summed E-state index contributed by atoms with van der Waals surface area (Å²) in [7, 11) is 1.71. The number of carboxylic acids is 1. The van der Waals surface area contributed by atoms with Crippen molar-refractivity contribution >= 4 is 5.97 Å². The summed E-state index contributed by atoms with van der Waals surface area (Å²) < 4.78 is 10.4. The Hall–Kier alpha value is -0.610. The van der Waals surface area contributed by atoms with Crippen LogP contribution in [0.15, 0.2) is 0 Å². The first-order valence-corrected chi connectivity index (χ1v) is 4.58. The molecule has 0 atom stereocenters. The number of aliphatic carboxylic acids is 1. The molecule has 1 N–H and O–H groups in total. The van der Waals surface area contributed by atoms with Crippen molar-refractivity contribution in [2.75, 3.05) is 13.7 Å². The summed E-state index contributed by atoms with van der Waals surface area (Å²) >= 11 is 0. The Morgan fingerprint density at radius 3 is 2.31 bits per heavy atom. The van der Waals surface area contributed by atoms with Crippen molar-refractivity contribution in [2.45, 2.75) is 37.9 Å². The summed E-state index contributed by atoms with van der Waals surface area (Å²) in [6, 6.07) is 0. The fraction of sp³-hybridized carbons (Fsp3) is 0.889. The largest absolute Gasteiger partial charge is 0.480 e. The number of hydrogen-bond donors (Lipinski definition) is 1. The lowest BCUT2D eigenvalue weighted by Crippen LogP contribution is -2.27. The van der Waals surface area contributed by atoms with Crippen molar-refractivity contribution in [3.8, 4) is 0 Å².